The van der Waals surface area contributed by atoms with Gasteiger partial charge < -0.3 is 42.8 Å². The van der Waals surface area contributed by atoms with Crippen molar-refractivity contribution in [2.45, 2.75) is 0 Å². The average Bonchev–Trinajstić information content (AvgIpc) is 3.15. The van der Waals surface area contributed by atoms with Gasteiger partial charge in [-0.15, -0.1) is 0 Å². The largest absolute Gasteiger partial charge is 0.460 e. The number of aromatic nitrogens is 1. The van der Waals surface area contributed by atoms with E-state index in [0.717, 1.165) is 5.69 Å². The molecule has 0 fully saturated rings. The normalized spacial score (nSPS) is 10.4. The molecule has 2 aromatic carbocycles. The lowest BCUT2D eigenvalue weighted by atomic mass is 10.1. The summed E-state index contributed by atoms with van der Waals surface area (Å²) < 4.78 is 42.0. The molecule has 0 saturated heterocycles. The van der Waals surface area contributed by atoms with Gasteiger partial charge in [0.25, 0.3) is 0 Å². The Morgan fingerprint density at radius 3 is 1.33 bits per heavy atom. The van der Waals surface area contributed by atoms with Crippen molar-refractivity contribution in [3.63, 3.8) is 0 Å². The molecule has 0 N–H and O–H groups in total. The monoisotopic (exact) mass is 702 g/mol. The Balaban J connectivity index is 1.57. The number of rotatable bonds is 21. The van der Waals surface area contributed by atoms with Crippen molar-refractivity contribution in [1.29, 1.82) is 0 Å². The number of nitrogens with zero attached hydrogens (tertiary/aromatic N) is 2. The van der Waals surface area contributed by atoms with Gasteiger partial charge in [-0.25, -0.2) is 14.6 Å². The van der Waals surface area contributed by atoms with E-state index < -0.39 is 11.9 Å². The molecule has 0 amide bonds. The molecule has 272 valence electrons. The number of anilines is 1. The third-order valence-electron chi connectivity index (χ3n) is 6.72. The number of ether oxygens (including phenoxy) is 8. The molecule has 0 aliphatic heterocycles. The van der Waals surface area contributed by atoms with Gasteiger partial charge in [-0.05, 0) is 60.4 Å². The highest BCUT2D eigenvalue weighted by Crippen LogP contribution is 2.15. The molecule has 0 aliphatic rings. The summed E-state index contributed by atoms with van der Waals surface area (Å²) in [6.07, 6.45) is 0. The molecule has 0 atom stereocenters. The van der Waals surface area contributed by atoms with E-state index in [0.29, 0.717) is 86.5 Å². The van der Waals surface area contributed by atoms with Crippen molar-refractivity contribution in [2.75, 3.05) is 112 Å². The van der Waals surface area contributed by atoms with Gasteiger partial charge in [-0.1, -0.05) is 24.0 Å². The van der Waals surface area contributed by atoms with Crippen molar-refractivity contribution >= 4 is 17.6 Å². The molecule has 0 radical (unpaired) electrons. The quantitative estimate of drug-likeness (QED) is 0.0915. The molecule has 0 saturated carbocycles. The zero-order valence-electron chi connectivity index (χ0n) is 29.7. The van der Waals surface area contributed by atoms with Gasteiger partial charge in [-0.3, -0.25) is 0 Å². The second kappa shape index (κ2) is 24.4. The van der Waals surface area contributed by atoms with Gasteiger partial charge in [0, 0.05) is 45.1 Å². The fourth-order valence-electron chi connectivity index (χ4n) is 4.10. The predicted octanol–water partition coefficient (Wildman–Crippen LogP) is 3.62. The maximum Gasteiger partial charge on any atom is 0.338 e. The minimum Gasteiger partial charge on any atom is -0.460 e. The fraction of sp³-hybridized carbons (Fsp3) is 0.410. The van der Waals surface area contributed by atoms with E-state index >= 15 is 0 Å². The van der Waals surface area contributed by atoms with Crippen LogP contribution in [0.25, 0.3) is 0 Å². The highest BCUT2D eigenvalue weighted by Gasteiger charge is 2.09. The second-order valence-electron chi connectivity index (χ2n) is 10.9. The second-order valence-corrected chi connectivity index (χ2v) is 10.9. The first-order valence-electron chi connectivity index (χ1n) is 16.5. The van der Waals surface area contributed by atoms with Crippen LogP contribution in [0.3, 0.4) is 0 Å². The topological polar surface area (TPSA) is 124 Å². The summed E-state index contributed by atoms with van der Waals surface area (Å²) in [6.45, 7) is 4.51. The van der Waals surface area contributed by atoms with E-state index in [-0.39, 0.29) is 26.4 Å². The van der Waals surface area contributed by atoms with Crippen LogP contribution in [0.4, 0.5) is 5.69 Å². The summed E-state index contributed by atoms with van der Waals surface area (Å²) in [5.74, 6) is 11.4. The van der Waals surface area contributed by atoms with Crippen LogP contribution in [-0.4, -0.2) is 125 Å². The van der Waals surface area contributed by atoms with Gasteiger partial charge in [0.05, 0.1) is 77.2 Å². The van der Waals surface area contributed by atoms with Crippen molar-refractivity contribution in [2.24, 2.45) is 0 Å². The Morgan fingerprint density at radius 1 is 0.549 bits per heavy atom. The molecule has 0 aliphatic carbocycles. The van der Waals surface area contributed by atoms with Crippen molar-refractivity contribution in [1.82, 2.24) is 4.98 Å². The first-order chi connectivity index (χ1) is 24.9. The SMILES string of the molecule is COCCOCCOCCOC(=O)c1cccc(C#Cc2cc(N(C)C)cc(C#Cc3cccc(C(=O)OCCOCCOCCOC)c3)n2)c1. The number of methoxy groups -OCH3 is 2. The zero-order valence-corrected chi connectivity index (χ0v) is 29.7. The van der Waals surface area contributed by atoms with E-state index in [4.69, 9.17) is 37.9 Å². The molecule has 0 bridgehead atoms. The summed E-state index contributed by atoms with van der Waals surface area (Å²) in [5, 5.41) is 0. The van der Waals surface area contributed by atoms with E-state index in [9.17, 15) is 9.59 Å². The molecular weight excluding hydrogens is 656 g/mol. The third-order valence-corrected chi connectivity index (χ3v) is 6.72. The Kier molecular flexibility index (Phi) is 19.4. The fourth-order valence-corrected chi connectivity index (χ4v) is 4.10. The van der Waals surface area contributed by atoms with Crippen LogP contribution in [0.1, 0.15) is 43.2 Å². The molecule has 1 aromatic heterocycles. The van der Waals surface area contributed by atoms with Crippen LogP contribution in [0, 0.1) is 23.7 Å². The number of esters is 2. The number of hydrogen-bond donors (Lipinski definition) is 0. The third kappa shape index (κ3) is 16.6. The van der Waals surface area contributed by atoms with E-state index in [1.165, 1.54) is 0 Å². The van der Waals surface area contributed by atoms with Gasteiger partial charge in [0.2, 0.25) is 0 Å². The van der Waals surface area contributed by atoms with Gasteiger partial charge in [0.15, 0.2) is 0 Å². The number of carbonyl (C=O) groups excluding carboxylic acids is 2. The van der Waals surface area contributed by atoms with Crippen LogP contribution >= 0.6 is 0 Å². The van der Waals surface area contributed by atoms with Crippen molar-refractivity contribution in [3.05, 3.63) is 94.3 Å². The highest BCUT2D eigenvalue weighted by atomic mass is 16.6. The molecule has 51 heavy (non-hydrogen) atoms. The van der Waals surface area contributed by atoms with Crippen LogP contribution in [0.2, 0.25) is 0 Å². The van der Waals surface area contributed by atoms with Gasteiger partial charge in [0.1, 0.15) is 24.6 Å². The van der Waals surface area contributed by atoms with E-state index in [1.54, 1.807) is 62.8 Å². The van der Waals surface area contributed by atoms with Crippen LogP contribution in [-0.2, 0) is 37.9 Å². The summed E-state index contributed by atoms with van der Waals surface area (Å²) in [5.41, 5.74) is 3.88. The summed E-state index contributed by atoms with van der Waals surface area (Å²) in [7, 11) is 7.05. The van der Waals surface area contributed by atoms with Crippen LogP contribution in [0.15, 0.2) is 60.7 Å². The summed E-state index contributed by atoms with van der Waals surface area (Å²) >= 11 is 0. The number of carbonyl (C=O) groups is 2. The summed E-state index contributed by atoms with van der Waals surface area (Å²) in [4.78, 5) is 31.7. The minimum atomic E-state index is -0.467. The van der Waals surface area contributed by atoms with Crippen molar-refractivity contribution in [3.8, 4) is 23.7 Å². The summed E-state index contributed by atoms with van der Waals surface area (Å²) in [6, 6.07) is 17.5. The first kappa shape index (κ1) is 40.6. The molecule has 0 spiro atoms. The lowest BCUT2D eigenvalue weighted by molar-refractivity contribution is 0.00552. The Hall–Kier alpha value is -4.79. The lowest BCUT2D eigenvalue weighted by Gasteiger charge is -2.12. The molecule has 12 nitrogen and oxygen atoms in total. The Bertz CT molecular complexity index is 1520. The number of pyridine rings is 1. The Morgan fingerprint density at radius 2 is 0.941 bits per heavy atom. The maximum atomic E-state index is 12.6. The smallest absolute Gasteiger partial charge is 0.338 e. The molecule has 12 heteroatoms. The highest BCUT2D eigenvalue weighted by molar-refractivity contribution is 5.90. The number of benzene rings is 2. The van der Waals surface area contributed by atoms with Crippen LogP contribution in [0.5, 0.6) is 0 Å². The zero-order chi connectivity index (χ0) is 36.5. The Labute approximate surface area is 300 Å². The maximum absolute atomic E-state index is 12.6. The van der Waals surface area contributed by atoms with Crippen LogP contribution < -0.4 is 4.90 Å². The minimum absolute atomic E-state index is 0.120. The molecule has 3 aromatic rings. The molecule has 3 rings (SSSR count). The van der Waals surface area contributed by atoms with E-state index in [1.807, 2.05) is 31.1 Å². The number of hydrogen-bond acceptors (Lipinski definition) is 12. The van der Waals surface area contributed by atoms with Gasteiger partial charge >= 0.3 is 11.9 Å². The molecule has 0 unspecified atom stereocenters. The average molecular weight is 703 g/mol. The first-order valence-corrected chi connectivity index (χ1v) is 16.5. The predicted molar refractivity (Wildman–Crippen MR) is 191 cm³/mol. The molecular formula is C39H46N2O10. The lowest BCUT2D eigenvalue weighted by Crippen LogP contribution is -2.14. The van der Waals surface area contributed by atoms with E-state index in [2.05, 4.69) is 28.7 Å². The molecule has 1 heterocycles. The standard InChI is InChI=1S/C39H46N2O10/c1-41(2)37-29-35(13-11-31-7-5-9-33(27-31)38(42)50-25-23-48-21-19-46-17-15-44-3)40-36(30-37)14-12-32-8-6-10-34(28-32)39(43)51-26-24-49-22-20-47-18-16-45-4/h5-10,27-30H,15-26H2,1-4H3. The van der Waals surface area contributed by atoms with Gasteiger partial charge in [-0.2, -0.15) is 0 Å². The van der Waals surface area contributed by atoms with Crippen molar-refractivity contribution < 1.29 is 47.5 Å².